The van der Waals surface area contributed by atoms with Gasteiger partial charge in [0.15, 0.2) is 11.5 Å². The standard InChI is InChI=1S/C16H24N2O2/c1-3-12-5-6-14(16-15(12)19-9-10-20-16)18-8-7-17-11-13(18)4-2/h5-6,13,17H,3-4,7-11H2,1-2H3. The lowest BCUT2D eigenvalue weighted by Gasteiger charge is -2.39. The van der Waals surface area contributed by atoms with Crippen molar-refractivity contribution in [3.8, 4) is 11.5 Å². The van der Waals surface area contributed by atoms with Gasteiger partial charge in [-0.2, -0.15) is 0 Å². The fraction of sp³-hybridized carbons (Fsp3) is 0.625. The van der Waals surface area contributed by atoms with Crippen LogP contribution < -0.4 is 19.7 Å². The lowest BCUT2D eigenvalue weighted by atomic mass is 10.1. The molecular formula is C16H24N2O2. The third kappa shape index (κ3) is 2.33. The Labute approximate surface area is 121 Å². The molecule has 2 aliphatic rings. The van der Waals surface area contributed by atoms with Gasteiger partial charge < -0.3 is 19.7 Å². The first-order valence-corrected chi connectivity index (χ1v) is 7.74. The molecule has 1 fully saturated rings. The van der Waals surface area contributed by atoms with Crippen molar-refractivity contribution in [3.05, 3.63) is 17.7 Å². The maximum Gasteiger partial charge on any atom is 0.184 e. The highest BCUT2D eigenvalue weighted by Crippen LogP contribution is 2.43. The molecule has 1 saturated heterocycles. The van der Waals surface area contributed by atoms with E-state index in [-0.39, 0.29) is 0 Å². The number of nitrogens with one attached hydrogen (secondary N) is 1. The van der Waals surface area contributed by atoms with E-state index in [1.54, 1.807) is 0 Å². The fourth-order valence-electron chi connectivity index (χ4n) is 3.13. The Kier molecular flexibility index (Phi) is 4.01. The number of rotatable bonds is 3. The van der Waals surface area contributed by atoms with Gasteiger partial charge in [0.2, 0.25) is 0 Å². The largest absolute Gasteiger partial charge is 0.486 e. The van der Waals surface area contributed by atoms with Gasteiger partial charge in [-0.15, -0.1) is 0 Å². The van der Waals surface area contributed by atoms with Crippen molar-refractivity contribution in [3.63, 3.8) is 0 Å². The molecule has 0 aliphatic carbocycles. The lowest BCUT2D eigenvalue weighted by Crippen LogP contribution is -2.51. The van der Waals surface area contributed by atoms with Crippen LogP contribution in [0.15, 0.2) is 12.1 Å². The molecule has 0 bridgehead atoms. The highest BCUT2D eigenvalue weighted by atomic mass is 16.6. The van der Waals surface area contributed by atoms with Crippen molar-refractivity contribution in [1.82, 2.24) is 5.32 Å². The molecule has 3 rings (SSSR count). The molecule has 110 valence electrons. The van der Waals surface area contributed by atoms with Crippen molar-refractivity contribution < 1.29 is 9.47 Å². The first-order chi connectivity index (χ1) is 9.85. The molecule has 1 unspecified atom stereocenters. The van der Waals surface area contributed by atoms with Gasteiger partial charge in [0.25, 0.3) is 0 Å². The SMILES string of the molecule is CCc1ccc(N2CCNCC2CC)c2c1OCCO2. The number of nitrogens with zero attached hydrogens (tertiary/aromatic N) is 1. The van der Waals surface area contributed by atoms with Crippen molar-refractivity contribution in [2.45, 2.75) is 32.7 Å². The van der Waals surface area contributed by atoms with Gasteiger partial charge in [0, 0.05) is 25.7 Å². The van der Waals surface area contributed by atoms with E-state index in [1.165, 1.54) is 11.3 Å². The summed E-state index contributed by atoms with van der Waals surface area (Å²) in [5.74, 6) is 1.92. The van der Waals surface area contributed by atoms with E-state index in [0.29, 0.717) is 19.3 Å². The molecule has 2 aliphatic heterocycles. The zero-order valence-electron chi connectivity index (χ0n) is 12.4. The van der Waals surface area contributed by atoms with E-state index in [4.69, 9.17) is 9.47 Å². The van der Waals surface area contributed by atoms with Crippen molar-refractivity contribution in [2.24, 2.45) is 0 Å². The monoisotopic (exact) mass is 276 g/mol. The van der Waals surface area contributed by atoms with E-state index < -0.39 is 0 Å². The molecule has 1 N–H and O–H groups in total. The number of ether oxygens (including phenoxy) is 2. The maximum absolute atomic E-state index is 5.96. The average molecular weight is 276 g/mol. The van der Waals surface area contributed by atoms with Crippen molar-refractivity contribution >= 4 is 5.69 Å². The summed E-state index contributed by atoms with van der Waals surface area (Å²) in [7, 11) is 0. The van der Waals surface area contributed by atoms with Crippen LogP contribution in [-0.2, 0) is 6.42 Å². The molecule has 4 heteroatoms. The van der Waals surface area contributed by atoms with Gasteiger partial charge in [-0.1, -0.05) is 19.9 Å². The van der Waals surface area contributed by atoms with Gasteiger partial charge in [-0.3, -0.25) is 0 Å². The number of piperazine rings is 1. The first-order valence-electron chi connectivity index (χ1n) is 7.74. The zero-order chi connectivity index (χ0) is 13.9. The van der Waals surface area contributed by atoms with Crippen LogP contribution in [0.5, 0.6) is 11.5 Å². The van der Waals surface area contributed by atoms with E-state index in [9.17, 15) is 0 Å². The second-order valence-electron chi connectivity index (χ2n) is 5.41. The summed E-state index contributed by atoms with van der Waals surface area (Å²) < 4.78 is 11.8. The third-order valence-corrected chi connectivity index (χ3v) is 4.26. The van der Waals surface area contributed by atoms with Crippen LogP contribution in [0.1, 0.15) is 25.8 Å². The van der Waals surface area contributed by atoms with Crippen LogP contribution in [0, 0.1) is 0 Å². The fourth-order valence-corrected chi connectivity index (χ4v) is 3.13. The highest BCUT2D eigenvalue weighted by Gasteiger charge is 2.27. The molecular weight excluding hydrogens is 252 g/mol. The van der Waals surface area contributed by atoms with Crippen molar-refractivity contribution in [1.29, 1.82) is 0 Å². The number of hydrogen-bond donors (Lipinski definition) is 1. The van der Waals surface area contributed by atoms with Gasteiger partial charge in [0.05, 0.1) is 5.69 Å². The number of aryl methyl sites for hydroxylation is 1. The maximum atomic E-state index is 5.96. The van der Waals surface area contributed by atoms with E-state index in [0.717, 1.165) is 44.0 Å². The van der Waals surface area contributed by atoms with Gasteiger partial charge in [-0.25, -0.2) is 0 Å². The molecule has 2 heterocycles. The van der Waals surface area contributed by atoms with Crippen LogP contribution in [0.25, 0.3) is 0 Å². The van der Waals surface area contributed by atoms with Crippen LogP contribution in [0.4, 0.5) is 5.69 Å². The van der Waals surface area contributed by atoms with E-state index >= 15 is 0 Å². The minimum Gasteiger partial charge on any atom is -0.486 e. The van der Waals surface area contributed by atoms with Crippen molar-refractivity contribution in [2.75, 3.05) is 37.7 Å². The predicted octanol–water partition coefficient (Wildman–Crippen LogP) is 2.21. The Balaban J connectivity index is 2.00. The highest BCUT2D eigenvalue weighted by molar-refractivity contribution is 5.68. The van der Waals surface area contributed by atoms with Gasteiger partial charge in [-0.05, 0) is 24.5 Å². The smallest absolute Gasteiger partial charge is 0.184 e. The zero-order valence-corrected chi connectivity index (χ0v) is 12.4. The molecule has 20 heavy (non-hydrogen) atoms. The minimum absolute atomic E-state index is 0.533. The second-order valence-corrected chi connectivity index (χ2v) is 5.41. The van der Waals surface area contributed by atoms with Crippen LogP contribution in [-0.4, -0.2) is 38.9 Å². The third-order valence-electron chi connectivity index (χ3n) is 4.26. The number of benzene rings is 1. The van der Waals surface area contributed by atoms with Gasteiger partial charge in [0.1, 0.15) is 13.2 Å². The number of hydrogen-bond acceptors (Lipinski definition) is 4. The lowest BCUT2D eigenvalue weighted by molar-refractivity contribution is 0.170. The average Bonchev–Trinajstić information content (AvgIpc) is 2.53. The normalized spacial score (nSPS) is 21.9. The number of anilines is 1. The molecule has 1 aromatic rings. The van der Waals surface area contributed by atoms with E-state index in [1.807, 2.05) is 0 Å². The van der Waals surface area contributed by atoms with Crippen LogP contribution in [0.3, 0.4) is 0 Å². The predicted molar refractivity (Wildman–Crippen MR) is 81.1 cm³/mol. The molecule has 0 aromatic heterocycles. The summed E-state index contributed by atoms with van der Waals surface area (Å²) in [6.07, 6.45) is 2.11. The molecule has 1 aromatic carbocycles. The quantitative estimate of drug-likeness (QED) is 0.918. The minimum atomic E-state index is 0.533. The molecule has 4 nitrogen and oxygen atoms in total. The Morgan fingerprint density at radius 1 is 1.20 bits per heavy atom. The summed E-state index contributed by atoms with van der Waals surface area (Å²) in [5.41, 5.74) is 2.44. The second kappa shape index (κ2) is 5.92. The molecule has 1 atom stereocenters. The summed E-state index contributed by atoms with van der Waals surface area (Å²) in [6, 6.07) is 4.93. The Bertz CT molecular complexity index is 476. The van der Waals surface area contributed by atoms with Gasteiger partial charge >= 0.3 is 0 Å². The molecule has 0 spiro atoms. The summed E-state index contributed by atoms with van der Waals surface area (Å²) in [5, 5.41) is 3.47. The Morgan fingerprint density at radius 3 is 2.75 bits per heavy atom. The molecule has 0 saturated carbocycles. The summed E-state index contributed by atoms with van der Waals surface area (Å²) >= 11 is 0. The molecule has 0 amide bonds. The van der Waals surface area contributed by atoms with Crippen LogP contribution >= 0.6 is 0 Å². The van der Waals surface area contributed by atoms with E-state index in [2.05, 4.69) is 36.2 Å². The number of fused-ring (bicyclic) bond motifs is 1. The Morgan fingerprint density at radius 2 is 2.00 bits per heavy atom. The summed E-state index contributed by atoms with van der Waals surface area (Å²) in [4.78, 5) is 2.48. The first kappa shape index (κ1) is 13.6. The Hall–Kier alpha value is -1.42. The van der Waals surface area contributed by atoms with Crippen LogP contribution in [0.2, 0.25) is 0 Å². The molecule has 0 radical (unpaired) electrons. The topological polar surface area (TPSA) is 33.7 Å². The summed E-state index contributed by atoms with van der Waals surface area (Å²) in [6.45, 7) is 8.81.